The van der Waals surface area contributed by atoms with Crippen LogP contribution in [0.2, 0.25) is 0 Å². The number of nitrogens with zero attached hydrogens (tertiary/aromatic N) is 2. The number of carbonyl (C=O) groups excluding carboxylic acids is 1. The highest BCUT2D eigenvalue weighted by Crippen LogP contribution is 2.18. The fourth-order valence-corrected chi connectivity index (χ4v) is 2.50. The number of aryl methyl sites for hydroxylation is 2. The SMILES string of the molecule is Cc1ccc(NC(=O)c2cncc(NCc3ccccn3)c2)c(C)c1. The van der Waals surface area contributed by atoms with Crippen molar-refractivity contribution >= 4 is 17.3 Å². The van der Waals surface area contributed by atoms with E-state index in [1.807, 2.05) is 50.2 Å². The van der Waals surface area contributed by atoms with E-state index in [0.29, 0.717) is 12.1 Å². The number of anilines is 2. The number of hydrogen-bond acceptors (Lipinski definition) is 4. The molecule has 0 radical (unpaired) electrons. The molecular formula is C20H20N4O. The zero-order valence-corrected chi connectivity index (χ0v) is 14.3. The lowest BCUT2D eigenvalue weighted by Gasteiger charge is -2.10. The van der Waals surface area contributed by atoms with Crippen LogP contribution in [0, 0.1) is 13.8 Å². The molecule has 0 fully saturated rings. The third-order valence-electron chi connectivity index (χ3n) is 3.83. The average Bonchev–Trinajstić information content (AvgIpc) is 2.63. The molecule has 0 saturated carbocycles. The molecule has 1 amide bonds. The van der Waals surface area contributed by atoms with Gasteiger partial charge in [-0.1, -0.05) is 23.8 Å². The maximum Gasteiger partial charge on any atom is 0.257 e. The molecule has 0 saturated heterocycles. The highest BCUT2D eigenvalue weighted by Gasteiger charge is 2.09. The summed E-state index contributed by atoms with van der Waals surface area (Å²) in [5.74, 6) is -0.180. The molecule has 1 aromatic carbocycles. The van der Waals surface area contributed by atoms with Crippen molar-refractivity contribution in [1.29, 1.82) is 0 Å². The van der Waals surface area contributed by atoms with Crippen LogP contribution in [0.25, 0.3) is 0 Å². The van der Waals surface area contributed by atoms with E-state index >= 15 is 0 Å². The molecule has 0 spiro atoms. The van der Waals surface area contributed by atoms with Gasteiger partial charge in [-0.05, 0) is 43.7 Å². The average molecular weight is 332 g/mol. The normalized spacial score (nSPS) is 10.3. The smallest absolute Gasteiger partial charge is 0.257 e. The number of hydrogen-bond donors (Lipinski definition) is 2. The van der Waals surface area contributed by atoms with E-state index in [9.17, 15) is 4.79 Å². The van der Waals surface area contributed by atoms with Crippen LogP contribution in [0.5, 0.6) is 0 Å². The lowest BCUT2D eigenvalue weighted by molar-refractivity contribution is 0.102. The van der Waals surface area contributed by atoms with Gasteiger partial charge in [0.05, 0.1) is 23.5 Å². The van der Waals surface area contributed by atoms with Gasteiger partial charge in [-0.15, -0.1) is 0 Å². The second-order valence-corrected chi connectivity index (χ2v) is 5.91. The van der Waals surface area contributed by atoms with E-state index in [2.05, 4.69) is 20.6 Å². The molecule has 5 nitrogen and oxygen atoms in total. The van der Waals surface area contributed by atoms with Gasteiger partial charge in [0.2, 0.25) is 0 Å². The first-order chi connectivity index (χ1) is 12.1. The Hall–Kier alpha value is -3.21. The van der Waals surface area contributed by atoms with Gasteiger partial charge in [-0.2, -0.15) is 0 Å². The van der Waals surface area contributed by atoms with E-state index in [1.165, 1.54) is 0 Å². The Kier molecular flexibility index (Phi) is 5.04. The van der Waals surface area contributed by atoms with Crippen molar-refractivity contribution in [2.24, 2.45) is 0 Å². The Morgan fingerprint density at radius 3 is 2.72 bits per heavy atom. The van der Waals surface area contributed by atoms with Crippen molar-refractivity contribution in [1.82, 2.24) is 9.97 Å². The van der Waals surface area contributed by atoms with Crippen molar-refractivity contribution in [2.45, 2.75) is 20.4 Å². The van der Waals surface area contributed by atoms with E-state index in [0.717, 1.165) is 28.2 Å². The van der Waals surface area contributed by atoms with Crippen LogP contribution >= 0.6 is 0 Å². The zero-order chi connectivity index (χ0) is 17.6. The first kappa shape index (κ1) is 16.6. The molecule has 0 unspecified atom stereocenters. The molecule has 2 N–H and O–H groups in total. The summed E-state index contributed by atoms with van der Waals surface area (Å²) in [6, 6.07) is 13.5. The number of aromatic nitrogens is 2. The van der Waals surface area contributed by atoms with E-state index in [1.54, 1.807) is 24.7 Å². The summed E-state index contributed by atoms with van der Waals surface area (Å²) in [5.41, 5.74) is 5.21. The maximum atomic E-state index is 12.5. The van der Waals surface area contributed by atoms with Crippen molar-refractivity contribution < 1.29 is 4.79 Å². The summed E-state index contributed by atoms with van der Waals surface area (Å²) in [6.45, 7) is 4.58. The third-order valence-corrected chi connectivity index (χ3v) is 3.83. The number of benzene rings is 1. The molecular weight excluding hydrogens is 312 g/mol. The number of carbonyl (C=O) groups is 1. The topological polar surface area (TPSA) is 66.9 Å². The second-order valence-electron chi connectivity index (χ2n) is 5.91. The van der Waals surface area contributed by atoms with Gasteiger partial charge < -0.3 is 10.6 Å². The van der Waals surface area contributed by atoms with Crippen LogP contribution in [0.4, 0.5) is 11.4 Å². The van der Waals surface area contributed by atoms with Crippen LogP contribution in [0.3, 0.4) is 0 Å². The number of amides is 1. The predicted octanol–water partition coefficient (Wildman–Crippen LogP) is 3.96. The summed E-state index contributed by atoms with van der Waals surface area (Å²) >= 11 is 0. The van der Waals surface area contributed by atoms with E-state index in [4.69, 9.17) is 0 Å². The van der Waals surface area contributed by atoms with Crippen LogP contribution in [-0.4, -0.2) is 15.9 Å². The standard InChI is InChI=1S/C20H20N4O/c1-14-6-7-19(15(2)9-14)24-20(25)16-10-18(12-21-11-16)23-13-17-5-3-4-8-22-17/h3-12,23H,13H2,1-2H3,(H,24,25). The predicted molar refractivity (Wildman–Crippen MR) is 99.7 cm³/mol. The second kappa shape index (κ2) is 7.57. The fourth-order valence-electron chi connectivity index (χ4n) is 2.50. The Morgan fingerprint density at radius 2 is 1.96 bits per heavy atom. The number of pyridine rings is 2. The zero-order valence-electron chi connectivity index (χ0n) is 14.3. The minimum atomic E-state index is -0.180. The van der Waals surface area contributed by atoms with Gasteiger partial charge in [0.15, 0.2) is 0 Å². The van der Waals surface area contributed by atoms with Gasteiger partial charge >= 0.3 is 0 Å². The van der Waals surface area contributed by atoms with Gasteiger partial charge in [0.25, 0.3) is 5.91 Å². The Morgan fingerprint density at radius 1 is 1.08 bits per heavy atom. The van der Waals surface area contributed by atoms with Gasteiger partial charge in [-0.25, -0.2) is 0 Å². The summed E-state index contributed by atoms with van der Waals surface area (Å²) in [5, 5.41) is 6.17. The number of rotatable bonds is 5. The summed E-state index contributed by atoms with van der Waals surface area (Å²) < 4.78 is 0. The van der Waals surface area contributed by atoms with Gasteiger partial charge in [0.1, 0.15) is 0 Å². The fraction of sp³-hybridized carbons (Fsp3) is 0.150. The van der Waals surface area contributed by atoms with Crippen LogP contribution in [0.15, 0.2) is 61.1 Å². The highest BCUT2D eigenvalue weighted by atomic mass is 16.1. The maximum absolute atomic E-state index is 12.5. The molecule has 2 aromatic heterocycles. The highest BCUT2D eigenvalue weighted by molar-refractivity contribution is 6.04. The molecule has 0 aliphatic heterocycles. The Labute approximate surface area is 147 Å². The van der Waals surface area contributed by atoms with Gasteiger partial charge in [0, 0.05) is 24.3 Å². The summed E-state index contributed by atoms with van der Waals surface area (Å²) in [4.78, 5) is 20.9. The van der Waals surface area contributed by atoms with E-state index < -0.39 is 0 Å². The molecule has 0 aliphatic rings. The van der Waals surface area contributed by atoms with E-state index in [-0.39, 0.29) is 5.91 Å². The van der Waals surface area contributed by atoms with Crippen molar-refractivity contribution in [2.75, 3.05) is 10.6 Å². The molecule has 0 aliphatic carbocycles. The van der Waals surface area contributed by atoms with Gasteiger partial charge in [-0.3, -0.25) is 14.8 Å². The van der Waals surface area contributed by atoms with Crippen LogP contribution < -0.4 is 10.6 Å². The first-order valence-electron chi connectivity index (χ1n) is 8.09. The molecule has 3 rings (SSSR count). The monoisotopic (exact) mass is 332 g/mol. The van der Waals surface area contributed by atoms with Crippen LogP contribution in [-0.2, 0) is 6.54 Å². The van der Waals surface area contributed by atoms with Crippen molar-refractivity contribution in [3.05, 3.63) is 83.4 Å². The largest absolute Gasteiger partial charge is 0.378 e. The molecule has 25 heavy (non-hydrogen) atoms. The first-order valence-corrected chi connectivity index (χ1v) is 8.09. The molecule has 126 valence electrons. The summed E-state index contributed by atoms with van der Waals surface area (Å²) in [7, 11) is 0. The molecule has 2 heterocycles. The Bertz CT molecular complexity index is 878. The Balaban J connectivity index is 1.69. The quantitative estimate of drug-likeness (QED) is 0.742. The minimum Gasteiger partial charge on any atom is -0.378 e. The number of nitrogens with one attached hydrogen (secondary N) is 2. The lowest BCUT2D eigenvalue weighted by atomic mass is 10.1. The van der Waals surface area contributed by atoms with Crippen LogP contribution in [0.1, 0.15) is 27.2 Å². The minimum absolute atomic E-state index is 0.180. The molecule has 0 atom stereocenters. The molecule has 0 bridgehead atoms. The molecule has 5 heteroatoms. The van der Waals surface area contributed by atoms with Crippen molar-refractivity contribution in [3.63, 3.8) is 0 Å². The van der Waals surface area contributed by atoms with Crippen molar-refractivity contribution in [3.8, 4) is 0 Å². The lowest BCUT2D eigenvalue weighted by Crippen LogP contribution is -2.13. The summed E-state index contributed by atoms with van der Waals surface area (Å²) in [6.07, 6.45) is 5.00. The molecule has 3 aromatic rings. The third kappa shape index (κ3) is 4.41.